The predicted molar refractivity (Wildman–Crippen MR) is 90.4 cm³/mol. The topological polar surface area (TPSA) is 54.9 Å². The lowest BCUT2D eigenvalue weighted by Gasteiger charge is -2.14. The van der Waals surface area contributed by atoms with Crippen molar-refractivity contribution in [1.82, 2.24) is 10.6 Å². The lowest BCUT2D eigenvalue weighted by Crippen LogP contribution is -2.37. The zero-order valence-electron chi connectivity index (χ0n) is 13.1. The Morgan fingerprint density at radius 2 is 2.00 bits per heavy atom. The summed E-state index contributed by atoms with van der Waals surface area (Å²) >= 11 is 3.50. The summed E-state index contributed by atoms with van der Waals surface area (Å²) in [5, 5.41) is 6.56. The van der Waals surface area contributed by atoms with E-state index in [0.717, 1.165) is 35.4 Å². The van der Waals surface area contributed by atoms with Crippen molar-refractivity contribution in [3.05, 3.63) is 22.2 Å². The van der Waals surface area contributed by atoms with Crippen molar-refractivity contribution in [2.45, 2.75) is 26.3 Å². The highest BCUT2D eigenvalue weighted by Gasteiger charge is 2.10. The van der Waals surface area contributed by atoms with Gasteiger partial charge in [-0.25, -0.2) is 0 Å². The first kappa shape index (κ1) is 17.6. The first-order chi connectivity index (χ1) is 10.2. The second-order valence-corrected chi connectivity index (χ2v) is 5.37. The number of halogens is 1. The van der Waals surface area contributed by atoms with Crippen LogP contribution in [0.5, 0.6) is 11.5 Å². The first-order valence-electron chi connectivity index (χ1n) is 7.01. The SMILES string of the molecule is CCCCNC(=NC)NCc1cc(Br)c(OC)c(OC)c1. The fourth-order valence-corrected chi connectivity index (χ4v) is 2.51. The van der Waals surface area contributed by atoms with Crippen LogP contribution in [0.15, 0.2) is 21.6 Å². The molecule has 0 radical (unpaired) electrons. The van der Waals surface area contributed by atoms with Crippen LogP contribution in [0.4, 0.5) is 0 Å². The fourth-order valence-electron chi connectivity index (χ4n) is 1.86. The molecule has 1 aromatic carbocycles. The summed E-state index contributed by atoms with van der Waals surface area (Å²) in [5.74, 6) is 2.21. The van der Waals surface area contributed by atoms with Gasteiger partial charge in [-0.1, -0.05) is 13.3 Å². The Kier molecular flexibility index (Phi) is 7.97. The minimum Gasteiger partial charge on any atom is -0.493 e. The normalized spacial score (nSPS) is 11.2. The van der Waals surface area contributed by atoms with Gasteiger partial charge in [-0.3, -0.25) is 4.99 Å². The van der Waals surface area contributed by atoms with Gasteiger partial charge in [0.2, 0.25) is 0 Å². The molecule has 0 aliphatic heterocycles. The zero-order chi connectivity index (χ0) is 15.7. The molecule has 1 rings (SSSR count). The molecule has 0 spiro atoms. The van der Waals surface area contributed by atoms with Crippen molar-refractivity contribution in [2.75, 3.05) is 27.8 Å². The smallest absolute Gasteiger partial charge is 0.191 e. The third kappa shape index (κ3) is 5.46. The fraction of sp³-hybridized carbons (Fsp3) is 0.533. The lowest BCUT2D eigenvalue weighted by molar-refractivity contribution is 0.352. The average Bonchev–Trinajstić information content (AvgIpc) is 2.50. The van der Waals surface area contributed by atoms with Crippen LogP contribution in [-0.4, -0.2) is 33.8 Å². The van der Waals surface area contributed by atoms with E-state index in [1.165, 1.54) is 0 Å². The summed E-state index contributed by atoms with van der Waals surface area (Å²) in [4.78, 5) is 4.20. The van der Waals surface area contributed by atoms with Crippen LogP contribution in [0.3, 0.4) is 0 Å². The third-order valence-corrected chi connectivity index (χ3v) is 3.59. The molecule has 0 aliphatic rings. The van der Waals surface area contributed by atoms with Crippen LogP contribution in [0, 0.1) is 0 Å². The molecule has 2 N–H and O–H groups in total. The summed E-state index contributed by atoms with van der Waals surface area (Å²) in [6.07, 6.45) is 2.29. The van der Waals surface area contributed by atoms with Gasteiger partial charge in [0.15, 0.2) is 17.5 Å². The van der Waals surface area contributed by atoms with Gasteiger partial charge in [-0.15, -0.1) is 0 Å². The standard InChI is InChI=1S/C15H24BrN3O2/c1-5-6-7-18-15(17-2)19-10-11-8-12(16)14(21-4)13(9-11)20-3/h8-9H,5-7,10H2,1-4H3,(H2,17,18,19). The Morgan fingerprint density at radius 1 is 1.24 bits per heavy atom. The number of benzene rings is 1. The summed E-state index contributed by atoms with van der Waals surface area (Å²) in [7, 11) is 5.03. The predicted octanol–water partition coefficient (Wildman–Crippen LogP) is 2.93. The molecule has 21 heavy (non-hydrogen) atoms. The van der Waals surface area contributed by atoms with Crippen LogP contribution < -0.4 is 20.1 Å². The molecular weight excluding hydrogens is 334 g/mol. The highest BCUT2D eigenvalue weighted by atomic mass is 79.9. The quantitative estimate of drug-likeness (QED) is 0.447. The molecule has 118 valence electrons. The molecule has 0 aromatic heterocycles. The average molecular weight is 358 g/mol. The summed E-state index contributed by atoms with van der Waals surface area (Å²) < 4.78 is 11.5. The maximum atomic E-state index is 5.34. The number of hydrogen-bond acceptors (Lipinski definition) is 3. The van der Waals surface area contributed by atoms with Crippen LogP contribution in [0.25, 0.3) is 0 Å². The Labute approximate surface area is 135 Å². The van der Waals surface area contributed by atoms with Gasteiger partial charge < -0.3 is 20.1 Å². The van der Waals surface area contributed by atoms with Crippen molar-refractivity contribution >= 4 is 21.9 Å². The van der Waals surface area contributed by atoms with Crippen LogP contribution in [0.1, 0.15) is 25.3 Å². The highest BCUT2D eigenvalue weighted by Crippen LogP contribution is 2.36. The molecule has 0 unspecified atom stereocenters. The Morgan fingerprint density at radius 3 is 2.57 bits per heavy atom. The van der Waals surface area contributed by atoms with E-state index < -0.39 is 0 Å². The molecule has 1 aromatic rings. The molecule has 0 fully saturated rings. The molecular formula is C15H24BrN3O2. The maximum Gasteiger partial charge on any atom is 0.191 e. The number of unbranched alkanes of at least 4 members (excludes halogenated alkanes) is 1. The summed E-state index contributed by atoms with van der Waals surface area (Å²) in [6, 6.07) is 3.96. The number of nitrogens with one attached hydrogen (secondary N) is 2. The molecule has 0 atom stereocenters. The number of ether oxygens (including phenoxy) is 2. The number of aliphatic imine (C=N–C) groups is 1. The highest BCUT2D eigenvalue weighted by molar-refractivity contribution is 9.10. The van der Waals surface area contributed by atoms with E-state index in [4.69, 9.17) is 9.47 Å². The first-order valence-corrected chi connectivity index (χ1v) is 7.80. The van der Waals surface area contributed by atoms with Crippen LogP contribution in [0.2, 0.25) is 0 Å². The minimum atomic E-state index is 0.657. The van der Waals surface area contributed by atoms with E-state index >= 15 is 0 Å². The van der Waals surface area contributed by atoms with E-state index in [9.17, 15) is 0 Å². The molecule has 5 nitrogen and oxygen atoms in total. The molecule has 0 heterocycles. The van der Waals surface area contributed by atoms with E-state index in [0.29, 0.717) is 18.0 Å². The number of hydrogen-bond donors (Lipinski definition) is 2. The number of rotatable bonds is 7. The van der Waals surface area contributed by atoms with Gasteiger partial charge in [-0.2, -0.15) is 0 Å². The largest absolute Gasteiger partial charge is 0.493 e. The van der Waals surface area contributed by atoms with Crippen molar-refractivity contribution < 1.29 is 9.47 Å². The Hall–Kier alpha value is -1.43. The van der Waals surface area contributed by atoms with Gasteiger partial charge in [-0.05, 0) is 40.0 Å². The molecule has 0 bridgehead atoms. The number of methoxy groups -OCH3 is 2. The van der Waals surface area contributed by atoms with Gasteiger partial charge in [0.05, 0.1) is 18.7 Å². The van der Waals surface area contributed by atoms with Crippen molar-refractivity contribution in [2.24, 2.45) is 4.99 Å². The molecule has 0 saturated carbocycles. The van der Waals surface area contributed by atoms with Crippen LogP contribution >= 0.6 is 15.9 Å². The van der Waals surface area contributed by atoms with Gasteiger partial charge in [0.1, 0.15) is 0 Å². The number of nitrogens with zero attached hydrogens (tertiary/aromatic N) is 1. The van der Waals surface area contributed by atoms with Crippen LogP contribution in [-0.2, 0) is 6.54 Å². The van der Waals surface area contributed by atoms with Crippen molar-refractivity contribution in [3.63, 3.8) is 0 Å². The monoisotopic (exact) mass is 357 g/mol. The third-order valence-electron chi connectivity index (χ3n) is 3.00. The van der Waals surface area contributed by atoms with Gasteiger partial charge >= 0.3 is 0 Å². The second kappa shape index (κ2) is 9.50. The molecule has 0 saturated heterocycles. The van der Waals surface area contributed by atoms with Crippen molar-refractivity contribution in [1.29, 1.82) is 0 Å². The Balaban J connectivity index is 2.68. The Bertz CT molecular complexity index is 478. The van der Waals surface area contributed by atoms with E-state index in [2.05, 4.69) is 38.5 Å². The van der Waals surface area contributed by atoms with E-state index in [1.54, 1.807) is 21.3 Å². The zero-order valence-corrected chi connectivity index (χ0v) is 14.7. The molecule has 6 heteroatoms. The van der Waals surface area contributed by atoms with Gasteiger partial charge in [0, 0.05) is 20.1 Å². The van der Waals surface area contributed by atoms with E-state index in [1.807, 2.05) is 12.1 Å². The molecule has 0 aliphatic carbocycles. The molecule has 0 amide bonds. The summed E-state index contributed by atoms with van der Waals surface area (Å²) in [6.45, 7) is 3.75. The van der Waals surface area contributed by atoms with Gasteiger partial charge in [0.25, 0.3) is 0 Å². The minimum absolute atomic E-state index is 0.657. The van der Waals surface area contributed by atoms with E-state index in [-0.39, 0.29) is 0 Å². The van der Waals surface area contributed by atoms with Crippen molar-refractivity contribution in [3.8, 4) is 11.5 Å². The second-order valence-electron chi connectivity index (χ2n) is 4.52. The number of guanidine groups is 1. The lowest BCUT2D eigenvalue weighted by atomic mass is 10.2. The summed E-state index contributed by atoms with van der Waals surface area (Å²) in [5.41, 5.74) is 1.08. The maximum absolute atomic E-state index is 5.34.